The molecule has 2 aromatic rings. The van der Waals surface area contributed by atoms with E-state index in [9.17, 15) is 4.79 Å². The summed E-state index contributed by atoms with van der Waals surface area (Å²) in [4.78, 5) is 15.4. The molecule has 2 aromatic carbocycles. The van der Waals surface area contributed by atoms with Crippen LogP contribution in [0.25, 0.3) is 0 Å². The monoisotopic (exact) mass is 381 g/mol. The van der Waals surface area contributed by atoms with E-state index in [0.29, 0.717) is 0 Å². The maximum Gasteiger partial charge on any atom is 0.231 e. The molecular formula is C23H27NO4. The van der Waals surface area contributed by atoms with Gasteiger partial charge in [0.25, 0.3) is 0 Å². The maximum absolute atomic E-state index is 13.1. The first-order chi connectivity index (χ1) is 13.6. The number of hydrogen-bond acceptors (Lipinski definition) is 5. The van der Waals surface area contributed by atoms with Crippen molar-refractivity contribution in [3.63, 3.8) is 0 Å². The number of nitrogens with zero attached hydrogens (tertiary/aromatic N) is 1. The summed E-state index contributed by atoms with van der Waals surface area (Å²) >= 11 is 0. The Bertz CT molecular complexity index is 848. The fourth-order valence-electron chi connectivity index (χ4n) is 4.00. The number of rotatable bonds is 6. The van der Waals surface area contributed by atoms with Crippen LogP contribution >= 0.6 is 0 Å². The van der Waals surface area contributed by atoms with E-state index in [4.69, 9.17) is 14.2 Å². The fourth-order valence-corrected chi connectivity index (χ4v) is 4.00. The highest BCUT2D eigenvalue weighted by atomic mass is 16.7. The fraction of sp³-hybridized carbons (Fsp3) is 0.435. The number of carbonyl (C=O) groups is 1. The van der Waals surface area contributed by atoms with Crippen molar-refractivity contribution in [1.29, 1.82) is 0 Å². The van der Waals surface area contributed by atoms with Gasteiger partial charge in [0.1, 0.15) is 5.75 Å². The molecule has 1 atom stereocenters. The number of ketones is 1. The number of likely N-dealkylation sites (tertiary alicyclic amines) is 1. The number of benzene rings is 2. The zero-order valence-corrected chi connectivity index (χ0v) is 16.5. The van der Waals surface area contributed by atoms with Crippen LogP contribution in [0, 0.1) is 5.92 Å². The highest BCUT2D eigenvalue weighted by Gasteiger charge is 2.28. The van der Waals surface area contributed by atoms with Crippen LogP contribution in [0.1, 0.15) is 42.6 Å². The van der Waals surface area contributed by atoms with Gasteiger partial charge in [-0.3, -0.25) is 9.69 Å². The first kappa shape index (κ1) is 18.8. The van der Waals surface area contributed by atoms with Gasteiger partial charge in [-0.2, -0.15) is 0 Å². The Balaban J connectivity index is 1.44. The van der Waals surface area contributed by atoms with Crippen molar-refractivity contribution in [3.8, 4) is 17.2 Å². The van der Waals surface area contributed by atoms with E-state index in [1.54, 1.807) is 0 Å². The van der Waals surface area contributed by atoms with Crippen LogP contribution in [0.15, 0.2) is 42.5 Å². The molecule has 5 nitrogen and oxygen atoms in total. The van der Waals surface area contributed by atoms with Gasteiger partial charge in [0.2, 0.25) is 6.79 Å². The van der Waals surface area contributed by atoms with Crippen LogP contribution in [0.3, 0.4) is 0 Å². The van der Waals surface area contributed by atoms with E-state index in [2.05, 4.69) is 11.0 Å². The molecule has 2 heterocycles. The Hall–Kier alpha value is -2.53. The molecule has 1 saturated heterocycles. The van der Waals surface area contributed by atoms with E-state index in [0.717, 1.165) is 60.9 Å². The number of ether oxygens (including phenoxy) is 3. The molecule has 1 fully saturated rings. The average molecular weight is 381 g/mol. The van der Waals surface area contributed by atoms with Crippen LogP contribution in [0.5, 0.6) is 17.2 Å². The summed E-state index contributed by atoms with van der Waals surface area (Å²) in [5, 5.41) is 0. The topological polar surface area (TPSA) is 48.0 Å². The van der Waals surface area contributed by atoms with Crippen LogP contribution in [-0.2, 0) is 6.54 Å². The van der Waals surface area contributed by atoms with Crippen molar-refractivity contribution in [1.82, 2.24) is 4.90 Å². The van der Waals surface area contributed by atoms with Crippen molar-refractivity contribution < 1.29 is 19.0 Å². The van der Waals surface area contributed by atoms with Gasteiger partial charge in [0.15, 0.2) is 17.3 Å². The quantitative estimate of drug-likeness (QED) is 0.699. The number of hydrogen-bond donors (Lipinski definition) is 0. The third kappa shape index (κ3) is 4.14. The molecule has 4 rings (SSSR count). The van der Waals surface area contributed by atoms with E-state index in [-0.39, 0.29) is 24.6 Å². The van der Waals surface area contributed by atoms with E-state index in [1.165, 1.54) is 0 Å². The first-order valence-corrected chi connectivity index (χ1v) is 10.0. The largest absolute Gasteiger partial charge is 0.491 e. The second kappa shape index (κ2) is 8.23. The van der Waals surface area contributed by atoms with Gasteiger partial charge < -0.3 is 14.2 Å². The predicted octanol–water partition coefficient (Wildman–Crippen LogP) is 4.30. The van der Waals surface area contributed by atoms with Crippen molar-refractivity contribution in [2.24, 2.45) is 5.92 Å². The standard InChI is InChI=1S/C23H27NO4/c1-16(2)28-20-9-3-6-17(12-20)22(25)18-8-5-11-24(13-18)14-19-7-4-10-21-23(19)27-15-26-21/h3-4,6-7,9-10,12,16,18H,5,8,11,13-15H2,1-2H3. The molecule has 0 bridgehead atoms. The third-order valence-corrected chi connectivity index (χ3v) is 5.24. The summed E-state index contributed by atoms with van der Waals surface area (Å²) in [6, 6.07) is 13.6. The van der Waals surface area contributed by atoms with Crippen LogP contribution in [0.4, 0.5) is 0 Å². The minimum Gasteiger partial charge on any atom is -0.491 e. The zero-order valence-electron chi connectivity index (χ0n) is 16.5. The first-order valence-electron chi connectivity index (χ1n) is 10.0. The lowest BCUT2D eigenvalue weighted by Crippen LogP contribution is -2.38. The van der Waals surface area contributed by atoms with Gasteiger partial charge in [-0.15, -0.1) is 0 Å². The second-order valence-corrected chi connectivity index (χ2v) is 7.78. The molecule has 28 heavy (non-hydrogen) atoms. The zero-order chi connectivity index (χ0) is 19.5. The van der Waals surface area contributed by atoms with Crippen molar-refractivity contribution in [3.05, 3.63) is 53.6 Å². The molecule has 0 aliphatic carbocycles. The van der Waals surface area contributed by atoms with Gasteiger partial charge in [-0.05, 0) is 51.4 Å². The Morgan fingerprint density at radius 3 is 2.93 bits per heavy atom. The third-order valence-electron chi connectivity index (χ3n) is 5.24. The summed E-state index contributed by atoms with van der Waals surface area (Å²) in [6.45, 7) is 6.78. The van der Waals surface area contributed by atoms with Crippen molar-refractivity contribution in [2.45, 2.75) is 39.3 Å². The lowest BCUT2D eigenvalue weighted by molar-refractivity contribution is 0.0810. The molecule has 0 aromatic heterocycles. The maximum atomic E-state index is 13.1. The molecular weight excluding hydrogens is 354 g/mol. The Kier molecular flexibility index (Phi) is 5.53. The average Bonchev–Trinajstić information content (AvgIpc) is 3.17. The van der Waals surface area contributed by atoms with Gasteiger partial charge in [0, 0.05) is 30.1 Å². The van der Waals surface area contributed by atoms with E-state index in [1.807, 2.05) is 50.2 Å². The molecule has 2 aliphatic heterocycles. The van der Waals surface area contributed by atoms with Crippen molar-refractivity contribution >= 4 is 5.78 Å². The van der Waals surface area contributed by atoms with E-state index < -0.39 is 0 Å². The number of piperidine rings is 1. The Labute approximate surface area is 166 Å². The Morgan fingerprint density at radius 2 is 2.07 bits per heavy atom. The van der Waals surface area contributed by atoms with Crippen LogP contribution in [-0.4, -0.2) is 36.7 Å². The van der Waals surface area contributed by atoms with E-state index >= 15 is 0 Å². The SMILES string of the molecule is CC(C)Oc1cccc(C(=O)C2CCCN(Cc3cccc4c3OCO4)C2)c1. The smallest absolute Gasteiger partial charge is 0.231 e. The summed E-state index contributed by atoms with van der Waals surface area (Å²) < 4.78 is 16.9. The molecule has 0 spiro atoms. The second-order valence-electron chi connectivity index (χ2n) is 7.78. The highest BCUT2D eigenvalue weighted by molar-refractivity contribution is 5.98. The summed E-state index contributed by atoms with van der Waals surface area (Å²) in [6.07, 6.45) is 2.04. The normalized spacial score (nSPS) is 19.0. The minimum absolute atomic E-state index is 0.0111. The molecule has 1 unspecified atom stereocenters. The molecule has 0 N–H and O–H groups in total. The molecule has 2 aliphatic rings. The van der Waals surface area contributed by atoms with Crippen LogP contribution < -0.4 is 14.2 Å². The summed E-state index contributed by atoms with van der Waals surface area (Å²) in [5.41, 5.74) is 1.86. The summed E-state index contributed by atoms with van der Waals surface area (Å²) in [7, 11) is 0. The highest BCUT2D eigenvalue weighted by Crippen LogP contribution is 2.36. The molecule has 148 valence electrons. The number of carbonyl (C=O) groups excluding carboxylic acids is 1. The van der Waals surface area contributed by atoms with Crippen LogP contribution in [0.2, 0.25) is 0 Å². The predicted molar refractivity (Wildman–Crippen MR) is 107 cm³/mol. The molecule has 5 heteroatoms. The molecule has 0 amide bonds. The van der Waals surface area contributed by atoms with Gasteiger partial charge in [-0.1, -0.05) is 24.3 Å². The number of para-hydroxylation sites is 1. The lowest BCUT2D eigenvalue weighted by atomic mass is 9.89. The summed E-state index contributed by atoms with van der Waals surface area (Å²) in [5.74, 6) is 2.62. The number of fused-ring (bicyclic) bond motifs is 1. The molecule has 0 radical (unpaired) electrons. The van der Waals surface area contributed by atoms with Crippen molar-refractivity contribution in [2.75, 3.05) is 19.9 Å². The molecule has 0 saturated carbocycles. The Morgan fingerprint density at radius 1 is 1.21 bits per heavy atom. The minimum atomic E-state index is 0.0111. The van der Waals surface area contributed by atoms with Gasteiger partial charge in [-0.25, -0.2) is 0 Å². The number of Topliss-reactive ketones (excluding diaryl/α,β-unsaturated/α-hetero) is 1. The lowest BCUT2D eigenvalue weighted by Gasteiger charge is -2.32. The van der Waals surface area contributed by atoms with Gasteiger partial charge >= 0.3 is 0 Å². The van der Waals surface area contributed by atoms with Gasteiger partial charge in [0.05, 0.1) is 6.10 Å².